The van der Waals surface area contributed by atoms with Crippen LogP contribution in [0.1, 0.15) is 0 Å². The number of rotatable bonds is 7. The molecule has 1 aliphatic rings. The number of aliphatic hydroxyl groups excluding tert-OH is 1. The maximum atomic E-state index is 12.7. The Morgan fingerprint density at radius 2 is 2.06 bits per heavy atom. The molecule has 31 heavy (non-hydrogen) atoms. The summed E-state index contributed by atoms with van der Waals surface area (Å²) in [6, 6.07) is 11.3. The summed E-state index contributed by atoms with van der Waals surface area (Å²) in [5.74, 6) is -0.927. The smallest absolute Gasteiger partial charge is 0.337 e. The van der Waals surface area contributed by atoms with E-state index in [0.717, 1.165) is 21.8 Å². The molecule has 1 aliphatic heterocycles. The summed E-state index contributed by atoms with van der Waals surface area (Å²) in [5.41, 5.74) is 3.78. The number of carbonyl (C=O) groups excluding carboxylic acids is 2. The number of nitrogens with zero attached hydrogens (tertiary/aromatic N) is 3. The van der Waals surface area contributed by atoms with Crippen LogP contribution < -0.4 is 5.32 Å². The average molecular weight is 436 g/mol. The van der Waals surface area contributed by atoms with Gasteiger partial charge in [-0.1, -0.05) is 12.1 Å². The summed E-state index contributed by atoms with van der Waals surface area (Å²) in [6.45, 7) is 0.0458. The number of amides is 1. The van der Waals surface area contributed by atoms with Gasteiger partial charge in [-0.2, -0.15) is 0 Å². The lowest BCUT2D eigenvalue weighted by Crippen LogP contribution is -2.31. The number of esters is 1. The first-order valence-electron chi connectivity index (χ1n) is 9.55. The molecule has 0 saturated heterocycles. The highest BCUT2D eigenvalue weighted by atomic mass is 32.1. The molecule has 2 aromatic heterocycles. The molecule has 0 saturated carbocycles. The van der Waals surface area contributed by atoms with Crippen LogP contribution in [0.2, 0.25) is 0 Å². The maximum Gasteiger partial charge on any atom is 0.337 e. The Hall–Kier alpha value is -3.56. The van der Waals surface area contributed by atoms with Gasteiger partial charge in [0.2, 0.25) is 0 Å². The van der Waals surface area contributed by atoms with Gasteiger partial charge in [0.25, 0.3) is 5.91 Å². The molecule has 0 bridgehead atoms. The molecule has 9 heteroatoms. The fourth-order valence-electron chi connectivity index (χ4n) is 3.28. The molecule has 0 radical (unpaired) electrons. The van der Waals surface area contributed by atoms with Crippen LogP contribution in [0.5, 0.6) is 0 Å². The van der Waals surface area contributed by atoms with Crippen molar-refractivity contribution >= 4 is 28.9 Å². The van der Waals surface area contributed by atoms with Gasteiger partial charge in [0, 0.05) is 41.1 Å². The lowest BCUT2D eigenvalue weighted by Gasteiger charge is -2.15. The molecule has 3 heterocycles. The second kappa shape index (κ2) is 9.07. The van der Waals surface area contributed by atoms with Crippen LogP contribution in [0.25, 0.3) is 21.8 Å². The minimum absolute atomic E-state index is 0.0931. The Morgan fingerprint density at radius 1 is 1.26 bits per heavy atom. The van der Waals surface area contributed by atoms with Gasteiger partial charge in [0.1, 0.15) is 10.7 Å². The summed E-state index contributed by atoms with van der Waals surface area (Å²) in [7, 11) is 1.27. The number of hydrogen-bond donors (Lipinski definition) is 2. The fourth-order valence-corrected chi connectivity index (χ4v) is 4.11. The molecule has 2 N–H and O–H groups in total. The maximum absolute atomic E-state index is 12.7. The number of carbonyl (C=O) groups is 2. The zero-order valence-corrected chi connectivity index (χ0v) is 17.6. The third kappa shape index (κ3) is 4.32. The molecule has 1 aromatic carbocycles. The number of pyridine rings is 1. The van der Waals surface area contributed by atoms with Gasteiger partial charge in [-0.05, 0) is 24.3 Å². The lowest BCUT2D eigenvalue weighted by molar-refractivity contribution is -0.136. The van der Waals surface area contributed by atoms with E-state index in [1.807, 2.05) is 41.8 Å². The molecule has 4 rings (SSSR count). The summed E-state index contributed by atoms with van der Waals surface area (Å²) in [5, 5.41) is 15.1. The number of aromatic nitrogens is 2. The third-order valence-electron chi connectivity index (χ3n) is 4.81. The number of hydrogen-bond acceptors (Lipinski definition) is 8. The number of ether oxygens (including phenoxy) is 1. The molecule has 0 atom stereocenters. The number of thiazole rings is 1. The van der Waals surface area contributed by atoms with Crippen molar-refractivity contribution in [1.29, 1.82) is 0 Å². The van der Waals surface area contributed by atoms with Gasteiger partial charge in [-0.3, -0.25) is 9.78 Å². The van der Waals surface area contributed by atoms with Gasteiger partial charge in [0.15, 0.2) is 0 Å². The minimum atomic E-state index is -0.575. The van der Waals surface area contributed by atoms with Crippen molar-refractivity contribution in [2.75, 3.05) is 32.1 Å². The summed E-state index contributed by atoms with van der Waals surface area (Å²) < 4.78 is 4.82. The predicted molar refractivity (Wildman–Crippen MR) is 117 cm³/mol. The number of aliphatic hydroxyl groups is 1. The first kappa shape index (κ1) is 20.7. The van der Waals surface area contributed by atoms with E-state index < -0.39 is 5.97 Å². The fraction of sp³-hybridized carbons (Fsp3) is 0.182. The number of methoxy groups -OCH3 is 1. The van der Waals surface area contributed by atoms with Crippen molar-refractivity contribution in [1.82, 2.24) is 14.9 Å². The highest BCUT2D eigenvalue weighted by Gasteiger charge is 2.34. The van der Waals surface area contributed by atoms with Crippen molar-refractivity contribution in [3.63, 3.8) is 0 Å². The number of benzene rings is 1. The van der Waals surface area contributed by atoms with Crippen molar-refractivity contribution in [3.05, 3.63) is 65.4 Å². The second-order valence-electron chi connectivity index (χ2n) is 6.78. The normalized spacial score (nSPS) is 13.6. The van der Waals surface area contributed by atoms with Crippen LogP contribution in [0, 0.1) is 0 Å². The van der Waals surface area contributed by atoms with Crippen LogP contribution in [0.15, 0.2) is 65.4 Å². The van der Waals surface area contributed by atoms with E-state index in [9.17, 15) is 14.7 Å². The lowest BCUT2D eigenvalue weighted by atomic mass is 10.2. The van der Waals surface area contributed by atoms with E-state index in [1.165, 1.54) is 23.3 Å². The first-order valence-corrected chi connectivity index (χ1v) is 10.4. The number of nitrogens with one attached hydrogen (secondary N) is 1. The Kier molecular flexibility index (Phi) is 6.06. The molecule has 0 fully saturated rings. The van der Waals surface area contributed by atoms with E-state index >= 15 is 0 Å². The Labute approximate surface area is 182 Å². The third-order valence-corrected chi connectivity index (χ3v) is 5.70. The Balaban J connectivity index is 1.60. The zero-order chi connectivity index (χ0) is 21.8. The van der Waals surface area contributed by atoms with Crippen molar-refractivity contribution in [3.8, 4) is 21.8 Å². The Morgan fingerprint density at radius 3 is 2.81 bits per heavy atom. The van der Waals surface area contributed by atoms with Crippen LogP contribution >= 0.6 is 11.3 Å². The SMILES string of the molecule is COC(=O)C1=C(Nc2cccc(-c3nc(-c4ccncc4)cs3)c2)C(=O)N(CCO)C1. The second-order valence-corrected chi connectivity index (χ2v) is 7.63. The van der Waals surface area contributed by atoms with Crippen molar-refractivity contribution in [2.45, 2.75) is 0 Å². The van der Waals surface area contributed by atoms with Crippen LogP contribution in [-0.4, -0.2) is 58.7 Å². The van der Waals surface area contributed by atoms with E-state index in [1.54, 1.807) is 12.4 Å². The zero-order valence-electron chi connectivity index (χ0n) is 16.7. The van der Waals surface area contributed by atoms with Crippen LogP contribution in [-0.2, 0) is 14.3 Å². The van der Waals surface area contributed by atoms with Gasteiger partial charge in [-0.25, -0.2) is 9.78 Å². The molecule has 0 spiro atoms. The molecular weight excluding hydrogens is 416 g/mol. The van der Waals surface area contributed by atoms with Crippen LogP contribution in [0.3, 0.4) is 0 Å². The van der Waals surface area contributed by atoms with Gasteiger partial charge in [-0.15, -0.1) is 11.3 Å². The van der Waals surface area contributed by atoms with Gasteiger partial charge in [0.05, 0.1) is 31.5 Å². The van der Waals surface area contributed by atoms with E-state index in [0.29, 0.717) is 5.69 Å². The van der Waals surface area contributed by atoms with Crippen molar-refractivity contribution in [2.24, 2.45) is 0 Å². The minimum Gasteiger partial charge on any atom is -0.466 e. The van der Waals surface area contributed by atoms with Gasteiger partial charge >= 0.3 is 5.97 Å². The molecule has 0 aliphatic carbocycles. The van der Waals surface area contributed by atoms with E-state index in [4.69, 9.17) is 9.72 Å². The molecule has 8 nitrogen and oxygen atoms in total. The highest BCUT2D eigenvalue weighted by Crippen LogP contribution is 2.31. The monoisotopic (exact) mass is 436 g/mol. The predicted octanol–water partition coefficient (Wildman–Crippen LogP) is 2.55. The first-order chi connectivity index (χ1) is 15.1. The van der Waals surface area contributed by atoms with E-state index in [2.05, 4.69) is 10.3 Å². The topological polar surface area (TPSA) is 105 Å². The summed E-state index contributed by atoms with van der Waals surface area (Å²) in [6.07, 6.45) is 3.45. The van der Waals surface area contributed by atoms with Crippen molar-refractivity contribution < 1.29 is 19.4 Å². The standard InChI is InChI=1S/C22H20N4O4S/c1-30-22(29)17-12-26(9-10-27)21(28)19(17)24-16-4-2-3-15(11-16)20-25-18(13-31-20)14-5-7-23-8-6-14/h2-8,11,13,24,27H,9-10,12H2,1H3. The molecule has 1 amide bonds. The molecular formula is C22H20N4O4S. The number of anilines is 1. The number of β-amino-alcohol motifs (C(OH)–C–C–N with tert-alkyl or cyclic N) is 1. The Bertz CT molecular complexity index is 1140. The molecule has 158 valence electrons. The highest BCUT2D eigenvalue weighted by molar-refractivity contribution is 7.13. The largest absolute Gasteiger partial charge is 0.466 e. The quantitative estimate of drug-likeness (QED) is 0.549. The summed E-state index contributed by atoms with van der Waals surface area (Å²) >= 11 is 1.52. The van der Waals surface area contributed by atoms with Crippen LogP contribution in [0.4, 0.5) is 5.69 Å². The molecule has 3 aromatic rings. The van der Waals surface area contributed by atoms with E-state index in [-0.39, 0.29) is 36.9 Å². The van der Waals surface area contributed by atoms with Gasteiger partial charge < -0.3 is 20.1 Å². The molecule has 0 unspecified atom stereocenters. The average Bonchev–Trinajstić information content (AvgIpc) is 3.41. The summed E-state index contributed by atoms with van der Waals surface area (Å²) in [4.78, 5) is 35.0.